The Kier molecular flexibility index (Phi) is 5.29. The Balaban J connectivity index is 1.88. The van der Waals surface area contributed by atoms with E-state index in [1.165, 1.54) is 17.3 Å². The van der Waals surface area contributed by atoms with E-state index < -0.39 is 25.9 Å². The van der Waals surface area contributed by atoms with Gasteiger partial charge < -0.3 is 0 Å². The molecule has 0 saturated carbocycles. The largest absolute Gasteiger partial charge is 0.280 e. The number of fused-ring (bicyclic) bond motifs is 1. The first-order valence-electron chi connectivity index (χ1n) is 8.51. The van der Waals surface area contributed by atoms with Gasteiger partial charge in [0.05, 0.1) is 10.6 Å². The normalized spacial score (nSPS) is 15.4. The van der Waals surface area contributed by atoms with Crippen LogP contribution in [0.2, 0.25) is 0 Å². The summed E-state index contributed by atoms with van der Waals surface area (Å²) < 4.78 is 66.6. The molecule has 0 unspecified atom stereocenters. The van der Waals surface area contributed by atoms with Crippen molar-refractivity contribution in [3.05, 3.63) is 58.9 Å². The second kappa shape index (κ2) is 7.21. The first-order valence-corrected chi connectivity index (χ1v) is 11.6. The fourth-order valence-electron chi connectivity index (χ4n) is 3.14. The summed E-state index contributed by atoms with van der Waals surface area (Å²) in [5.41, 5.74) is 2.42. The summed E-state index contributed by atoms with van der Waals surface area (Å²) in [6.07, 6.45) is 0.582. The molecule has 0 amide bonds. The predicted molar refractivity (Wildman–Crippen MR) is 102 cm³/mol. The fraction of sp³-hybridized carbons (Fsp3) is 0.333. The van der Waals surface area contributed by atoms with E-state index in [-0.39, 0.29) is 17.2 Å². The molecule has 9 heteroatoms. The molecule has 27 heavy (non-hydrogen) atoms. The molecule has 6 nitrogen and oxygen atoms in total. The van der Waals surface area contributed by atoms with E-state index in [4.69, 9.17) is 0 Å². The number of halogens is 1. The topological polar surface area (TPSA) is 83.6 Å². The van der Waals surface area contributed by atoms with Crippen LogP contribution < -0.4 is 4.72 Å². The lowest BCUT2D eigenvalue weighted by Gasteiger charge is -2.28. The first kappa shape index (κ1) is 19.8. The van der Waals surface area contributed by atoms with Crippen LogP contribution in [-0.2, 0) is 33.0 Å². The van der Waals surface area contributed by atoms with E-state index in [2.05, 4.69) is 4.72 Å². The molecule has 1 heterocycles. The number of benzene rings is 2. The smallest absolute Gasteiger partial charge is 0.262 e. The van der Waals surface area contributed by atoms with Gasteiger partial charge in [-0.05, 0) is 67.3 Å². The Hall–Kier alpha value is -1.97. The number of rotatable bonds is 5. The van der Waals surface area contributed by atoms with E-state index in [0.29, 0.717) is 24.2 Å². The summed E-state index contributed by atoms with van der Waals surface area (Å²) in [6, 6.07) is 8.60. The highest BCUT2D eigenvalue weighted by atomic mass is 32.2. The van der Waals surface area contributed by atoms with Crippen molar-refractivity contribution in [1.29, 1.82) is 0 Å². The van der Waals surface area contributed by atoms with Gasteiger partial charge in [-0.3, -0.25) is 4.72 Å². The van der Waals surface area contributed by atoms with Gasteiger partial charge >= 0.3 is 0 Å². The van der Waals surface area contributed by atoms with Crippen molar-refractivity contribution in [1.82, 2.24) is 4.31 Å². The van der Waals surface area contributed by atoms with Crippen molar-refractivity contribution in [2.24, 2.45) is 0 Å². The molecule has 0 aromatic heterocycles. The van der Waals surface area contributed by atoms with Crippen molar-refractivity contribution in [2.45, 2.75) is 31.7 Å². The number of nitrogens with zero attached hydrogens (tertiary/aromatic N) is 1. The Morgan fingerprint density at radius 1 is 1.07 bits per heavy atom. The molecule has 2 aromatic rings. The molecule has 2 aromatic carbocycles. The third-order valence-electron chi connectivity index (χ3n) is 4.62. The van der Waals surface area contributed by atoms with Gasteiger partial charge in [0.2, 0.25) is 10.0 Å². The Labute approximate surface area is 159 Å². The molecular formula is C18H21FN2O4S2. The molecule has 3 rings (SSSR count). The SMILES string of the molecule is CCS(=O)(=O)N1CCc2ccc(NS(=O)(=O)c3ccc(F)cc3C)cc2C1. The molecule has 146 valence electrons. The van der Waals surface area contributed by atoms with Crippen LogP contribution in [0.4, 0.5) is 10.1 Å². The first-order chi connectivity index (χ1) is 12.6. The maximum Gasteiger partial charge on any atom is 0.262 e. The minimum absolute atomic E-state index is 0.00296. The standard InChI is InChI=1S/C18H21FN2O4S2/c1-3-26(22,23)21-9-8-14-4-6-17(11-15(14)12-21)20-27(24,25)18-7-5-16(19)10-13(18)2/h4-7,10-11,20H,3,8-9,12H2,1-2H3. The summed E-state index contributed by atoms with van der Waals surface area (Å²) in [5.74, 6) is -0.476. The highest BCUT2D eigenvalue weighted by Gasteiger charge is 2.26. The Bertz CT molecular complexity index is 1080. The van der Waals surface area contributed by atoms with Crippen LogP contribution in [0, 0.1) is 12.7 Å². The van der Waals surface area contributed by atoms with Crippen molar-refractivity contribution < 1.29 is 21.2 Å². The van der Waals surface area contributed by atoms with Gasteiger partial charge in [0, 0.05) is 18.8 Å². The number of anilines is 1. The molecule has 0 atom stereocenters. The summed E-state index contributed by atoms with van der Waals surface area (Å²) >= 11 is 0. The molecule has 0 spiro atoms. The maximum absolute atomic E-state index is 13.2. The van der Waals surface area contributed by atoms with Crippen LogP contribution in [0.5, 0.6) is 0 Å². The number of sulfonamides is 2. The molecule has 0 saturated heterocycles. The van der Waals surface area contributed by atoms with Gasteiger partial charge in [-0.1, -0.05) is 6.07 Å². The second-order valence-electron chi connectivity index (χ2n) is 6.48. The zero-order chi connectivity index (χ0) is 19.8. The number of nitrogens with one attached hydrogen (secondary N) is 1. The van der Waals surface area contributed by atoms with Gasteiger partial charge in [0.25, 0.3) is 10.0 Å². The fourth-order valence-corrected chi connectivity index (χ4v) is 5.49. The minimum atomic E-state index is -3.88. The molecule has 0 fully saturated rings. The molecule has 1 N–H and O–H groups in total. The average molecular weight is 413 g/mol. The highest BCUT2D eigenvalue weighted by molar-refractivity contribution is 7.92. The molecular weight excluding hydrogens is 391 g/mol. The molecule has 0 bridgehead atoms. The van der Waals surface area contributed by atoms with E-state index >= 15 is 0 Å². The van der Waals surface area contributed by atoms with Crippen LogP contribution >= 0.6 is 0 Å². The zero-order valence-electron chi connectivity index (χ0n) is 15.1. The molecule has 1 aliphatic heterocycles. The van der Waals surface area contributed by atoms with Crippen molar-refractivity contribution in [3.63, 3.8) is 0 Å². The minimum Gasteiger partial charge on any atom is -0.280 e. The number of hydrogen-bond acceptors (Lipinski definition) is 4. The van der Waals surface area contributed by atoms with Crippen LogP contribution in [-0.4, -0.2) is 33.4 Å². The number of hydrogen-bond donors (Lipinski definition) is 1. The van der Waals surface area contributed by atoms with Gasteiger partial charge in [-0.2, -0.15) is 4.31 Å². The van der Waals surface area contributed by atoms with Gasteiger partial charge in [0.1, 0.15) is 5.82 Å². The van der Waals surface area contributed by atoms with Crippen LogP contribution in [0.3, 0.4) is 0 Å². The summed E-state index contributed by atoms with van der Waals surface area (Å²) in [6.45, 7) is 3.76. The van der Waals surface area contributed by atoms with Crippen LogP contribution in [0.25, 0.3) is 0 Å². The van der Waals surface area contributed by atoms with Crippen molar-refractivity contribution in [2.75, 3.05) is 17.0 Å². The van der Waals surface area contributed by atoms with E-state index in [0.717, 1.165) is 23.3 Å². The third-order valence-corrected chi connectivity index (χ3v) is 7.99. The average Bonchev–Trinajstić information content (AvgIpc) is 2.60. The third kappa shape index (κ3) is 4.15. The van der Waals surface area contributed by atoms with Crippen molar-refractivity contribution in [3.8, 4) is 0 Å². The summed E-state index contributed by atoms with van der Waals surface area (Å²) in [7, 11) is -7.19. The molecule has 0 radical (unpaired) electrons. The Morgan fingerprint density at radius 2 is 1.81 bits per heavy atom. The molecule has 0 aliphatic carbocycles. The monoisotopic (exact) mass is 412 g/mol. The highest BCUT2D eigenvalue weighted by Crippen LogP contribution is 2.26. The van der Waals surface area contributed by atoms with Crippen LogP contribution in [0.1, 0.15) is 23.6 Å². The van der Waals surface area contributed by atoms with Gasteiger partial charge in [-0.25, -0.2) is 21.2 Å². The second-order valence-corrected chi connectivity index (χ2v) is 10.4. The number of aryl methyl sites for hydroxylation is 1. The lowest BCUT2D eigenvalue weighted by atomic mass is 10.0. The summed E-state index contributed by atoms with van der Waals surface area (Å²) in [4.78, 5) is -0.00296. The zero-order valence-corrected chi connectivity index (χ0v) is 16.7. The van der Waals surface area contributed by atoms with Crippen molar-refractivity contribution >= 4 is 25.7 Å². The van der Waals surface area contributed by atoms with Gasteiger partial charge in [0.15, 0.2) is 0 Å². The maximum atomic E-state index is 13.2. The van der Waals surface area contributed by atoms with E-state index in [9.17, 15) is 21.2 Å². The predicted octanol–water partition coefficient (Wildman–Crippen LogP) is 2.64. The lowest BCUT2D eigenvalue weighted by molar-refractivity contribution is 0.392. The molecule has 1 aliphatic rings. The quantitative estimate of drug-likeness (QED) is 0.818. The van der Waals surface area contributed by atoms with E-state index in [1.54, 1.807) is 25.1 Å². The van der Waals surface area contributed by atoms with Gasteiger partial charge in [-0.15, -0.1) is 0 Å². The summed E-state index contributed by atoms with van der Waals surface area (Å²) in [5, 5.41) is 0. The van der Waals surface area contributed by atoms with Crippen LogP contribution in [0.15, 0.2) is 41.3 Å². The lowest BCUT2D eigenvalue weighted by Crippen LogP contribution is -2.36. The van der Waals surface area contributed by atoms with E-state index in [1.807, 2.05) is 0 Å². The Morgan fingerprint density at radius 3 is 2.48 bits per heavy atom.